The van der Waals surface area contributed by atoms with Gasteiger partial charge in [-0.2, -0.15) is 10.1 Å². The van der Waals surface area contributed by atoms with E-state index in [-0.39, 0.29) is 18.1 Å². The number of carbonyl (C=O) groups excluding carboxylic acids is 1. The van der Waals surface area contributed by atoms with Gasteiger partial charge in [0.15, 0.2) is 0 Å². The molecule has 0 spiro atoms. The largest absolute Gasteiger partial charge is 0.272 e. The second kappa shape index (κ2) is 2.93. The van der Waals surface area contributed by atoms with Crippen molar-refractivity contribution in [2.24, 2.45) is 10.3 Å². The summed E-state index contributed by atoms with van der Waals surface area (Å²) in [5, 5.41) is 7.98. The number of amides is 1. The standard InChI is InChI=1S/C8H6FN3O/c9-6-3-1-2-4-7(6)12-8(13)5-10-11-12/h1-4H,5H2. The van der Waals surface area contributed by atoms with E-state index >= 15 is 0 Å². The van der Waals surface area contributed by atoms with Crippen molar-refractivity contribution in [3.05, 3.63) is 30.1 Å². The zero-order valence-electron chi connectivity index (χ0n) is 6.64. The molecule has 1 amide bonds. The number of hydrogen-bond acceptors (Lipinski definition) is 3. The molecule has 0 aromatic heterocycles. The van der Waals surface area contributed by atoms with Crippen molar-refractivity contribution in [2.75, 3.05) is 11.6 Å². The maximum Gasteiger partial charge on any atom is 0.272 e. The van der Waals surface area contributed by atoms with Crippen molar-refractivity contribution in [1.29, 1.82) is 0 Å². The highest BCUT2D eigenvalue weighted by molar-refractivity contribution is 5.95. The van der Waals surface area contributed by atoms with Crippen molar-refractivity contribution >= 4 is 11.6 Å². The fourth-order valence-electron chi connectivity index (χ4n) is 1.08. The Morgan fingerprint density at radius 2 is 2.15 bits per heavy atom. The zero-order valence-corrected chi connectivity index (χ0v) is 6.64. The monoisotopic (exact) mass is 179 g/mol. The van der Waals surface area contributed by atoms with E-state index in [2.05, 4.69) is 10.3 Å². The van der Waals surface area contributed by atoms with E-state index in [9.17, 15) is 9.18 Å². The van der Waals surface area contributed by atoms with Crippen molar-refractivity contribution in [3.63, 3.8) is 0 Å². The number of nitrogens with zero attached hydrogens (tertiary/aromatic N) is 3. The lowest BCUT2D eigenvalue weighted by Crippen LogP contribution is -2.22. The van der Waals surface area contributed by atoms with Crippen LogP contribution < -0.4 is 5.01 Å². The van der Waals surface area contributed by atoms with Crippen LogP contribution in [0, 0.1) is 5.82 Å². The predicted octanol–water partition coefficient (Wildman–Crippen LogP) is 1.54. The summed E-state index contributed by atoms with van der Waals surface area (Å²) in [5.41, 5.74) is 0.147. The summed E-state index contributed by atoms with van der Waals surface area (Å²) in [6, 6.07) is 5.95. The molecule has 0 saturated heterocycles. The molecule has 13 heavy (non-hydrogen) atoms. The fourth-order valence-corrected chi connectivity index (χ4v) is 1.08. The molecular weight excluding hydrogens is 173 g/mol. The molecule has 1 aromatic carbocycles. The number of benzene rings is 1. The topological polar surface area (TPSA) is 45.0 Å². The number of hydrogen-bond donors (Lipinski definition) is 0. The first-order chi connectivity index (χ1) is 6.29. The number of halogens is 1. The van der Waals surface area contributed by atoms with Crippen LogP contribution in [0.3, 0.4) is 0 Å². The summed E-state index contributed by atoms with van der Waals surface area (Å²) in [7, 11) is 0. The first-order valence-corrected chi connectivity index (χ1v) is 3.74. The average molecular weight is 179 g/mol. The van der Waals surface area contributed by atoms with Gasteiger partial charge in [0, 0.05) is 0 Å². The van der Waals surface area contributed by atoms with Gasteiger partial charge in [-0.05, 0) is 12.1 Å². The molecule has 1 heterocycles. The van der Waals surface area contributed by atoms with Crippen molar-refractivity contribution in [3.8, 4) is 0 Å². The van der Waals surface area contributed by atoms with Gasteiger partial charge >= 0.3 is 0 Å². The number of anilines is 1. The van der Waals surface area contributed by atoms with Gasteiger partial charge in [-0.1, -0.05) is 17.4 Å². The van der Waals surface area contributed by atoms with Gasteiger partial charge in [0.1, 0.15) is 18.0 Å². The fraction of sp³-hybridized carbons (Fsp3) is 0.125. The summed E-state index contributed by atoms with van der Waals surface area (Å²) < 4.78 is 13.1. The third-order valence-electron chi connectivity index (χ3n) is 1.68. The molecule has 1 aliphatic heterocycles. The normalized spacial score (nSPS) is 15.5. The van der Waals surface area contributed by atoms with Crippen LogP contribution in [-0.2, 0) is 4.79 Å². The van der Waals surface area contributed by atoms with Crippen molar-refractivity contribution in [2.45, 2.75) is 0 Å². The smallest absolute Gasteiger partial charge is 0.270 e. The maximum atomic E-state index is 13.1. The van der Waals surface area contributed by atoms with Gasteiger partial charge in [-0.15, -0.1) is 0 Å². The van der Waals surface area contributed by atoms with Crippen LogP contribution in [0.1, 0.15) is 0 Å². The second-order valence-electron chi connectivity index (χ2n) is 2.55. The number of rotatable bonds is 1. The van der Waals surface area contributed by atoms with Crippen LogP contribution in [0.4, 0.5) is 10.1 Å². The lowest BCUT2D eigenvalue weighted by molar-refractivity contribution is -0.116. The summed E-state index contributed by atoms with van der Waals surface area (Å²) in [4.78, 5) is 11.1. The average Bonchev–Trinajstić information content (AvgIpc) is 2.52. The predicted molar refractivity (Wildman–Crippen MR) is 43.6 cm³/mol. The summed E-state index contributed by atoms with van der Waals surface area (Å²) in [6.45, 7) is -0.00562. The van der Waals surface area contributed by atoms with Crippen LogP contribution in [-0.4, -0.2) is 12.5 Å². The highest BCUT2D eigenvalue weighted by Crippen LogP contribution is 2.21. The molecule has 0 bridgehead atoms. The van der Waals surface area contributed by atoms with E-state index in [1.54, 1.807) is 12.1 Å². The summed E-state index contributed by atoms with van der Waals surface area (Å²) >= 11 is 0. The van der Waals surface area contributed by atoms with Gasteiger partial charge in [0.2, 0.25) is 0 Å². The molecular formula is C8H6FN3O. The highest BCUT2D eigenvalue weighted by atomic mass is 19.1. The van der Waals surface area contributed by atoms with E-state index in [1.807, 2.05) is 0 Å². The molecule has 0 fully saturated rings. The molecule has 66 valence electrons. The quantitative estimate of drug-likeness (QED) is 0.644. The minimum absolute atomic E-state index is 0.00562. The van der Waals surface area contributed by atoms with Gasteiger partial charge in [-0.3, -0.25) is 4.79 Å². The second-order valence-corrected chi connectivity index (χ2v) is 2.55. The molecule has 0 saturated carbocycles. The summed E-state index contributed by atoms with van der Waals surface area (Å²) in [6.07, 6.45) is 0. The van der Waals surface area contributed by atoms with Crippen LogP contribution in [0.25, 0.3) is 0 Å². The van der Waals surface area contributed by atoms with Gasteiger partial charge in [-0.25, -0.2) is 4.39 Å². The van der Waals surface area contributed by atoms with Gasteiger partial charge in [0.25, 0.3) is 5.91 Å². The molecule has 0 N–H and O–H groups in total. The Bertz CT molecular complexity index is 377. The molecule has 1 aliphatic rings. The molecule has 4 nitrogen and oxygen atoms in total. The Hall–Kier alpha value is -1.78. The molecule has 0 unspecified atom stereocenters. The Labute approximate surface area is 73.7 Å². The minimum Gasteiger partial charge on any atom is -0.270 e. The van der Waals surface area contributed by atoms with E-state index in [4.69, 9.17) is 0 Å². The van der Waals surface area contributed by atoms with Crippen LogP contribution in [0.5, 0.6) is 0 Å². The molecule has 1 aromatic rings. The van der Waals surface area contributed by atoms with E-state index in [1.165, 1.54) is 12.1 Å². The molecule has 2 rings (SSSR count). The SMILES string of the molecule is O=C1CN=NN1c1ccccc1F. The maximum absolute atomic E-state index is 13.1. The van der Waals surface area contributed by atoms with Crippen molar-refractivity contribution < 1.29 is 9.18 Å². The van der Waals surface area contributed by atoms with E-state index in [0.29, 0.717) is 0 Å². The first kappa shape index (κ1) is 7.85. The minimum atomic E-state index is -0.475. The molecule has 0 radical (unpaired) electrons. The summed E-state index contributed by atoms with van der Waals surface area (Å²) in [5.74, 6) is -0.790. The highest BCUT2D eigenvalue weighted by Gasteiger charge is 2.22. The van der Waals surface area contributed by atoms with Crippen molar-refractivity contribution in [1.82, 2.24) is 0 Å². The van der Waals surface area contributed by atoms with Gasteiger partial charge < -0.3 is 0 Å². The Balaban J connectivity index is 2.40. The van der Waals surface area contributed by atoms with E-state index < -0.39 is 5.82 Å². The van der Waals surface area contributed by atoms with Gasteiger partial charge in [0.05, 0.1) is 0 Å². The van der Waals surface area contributed by atoms with Crippen LogP contribution >= 0.6 is 0 Å². The lowest BCUT2D eigenvalue weighted by atomic mass is 10.3. The Kier molecular flexibility index (Phi) is 1.77. The molecule has 0 aliphatic carbocycles. The molecule has 5 heteroatoms. The number of para-hydroxylation sites is 1. The van der Waals surface area contributed by atoms with Crippen LogP contribution in [0.15, 0.2) is 34.6 Å². The number of carbonyl (C=O) groups is 1. The Morgan fingerprint density at radius 1 is 1.38 bits per heavy atom. The zero-order chi connectivity index (χ0) is 9.26. The van der Waals surface area contributed by atoms with E-state index in [0.717, 1.165) is 5.01 Å². The first-order valence-electron chi connectivity index (χ1n) is 3.74. The Morgan fingerprint density at radius 3 is 2.77 bits per heavy atom. The third-order valence-corrected chi connectivity index (χ3v) is 1.68. The third kappa shape index (κ3) is 1.28. The molecule has 0 atom stereocenters. The lowest BCUT2D eigenvalue weighted by Gasteiger charge is -2.09. The van der Waals surface area contributed by atoms with Crippen LogP contribution in [0.2, 0.25) is 0 Å².